The Balaban J connectivity index is 2.17. The van der Waals surface area contributed by atoms with E-state index in [1.54, 1.807) is 5.51 Å². The van der Waals surface area contributed by atoms with Crippen LogP contribution in [0, 0.1) is 6.92 Å². The summed E-state index contributed by atoms with van der Waals surface area (Å²) in [5, 5.41) is 1.42. The monoisotopic (exact) mass is 198 g/mol. The minimum absolute atomic E-state index is 0.0579. The molecule has 0 radical (unpaired) electrons. The van der Waals surface area contributed by atoms with Gasteiger partial charge in [0.25, 0.3) is 5.91 Å². The van der Waals surface area contributed by atoms with Gasteiger partial charge in [-0.15, -0.1) is 11.3 Å². The highest BCUT2D eigenvalue weighted by Gasteiger charge is 2.23. The number of carbonyl (C=O) groups is 1. The first kappa shape index (κ1) is 8.65. The first-order valence-electron chi connectivity index (χ1n) is 4.14. The number of hydrogen-bond acceptors (Lipinski definition) is 4. The van der Waals surface area contributed by atoms with Crippen molar-refractivity contribution >= 4 is 17.2 Å². The van der Waals surface area contributed by atoms with E-state index in [1.807, 2.05) is 6.92 Å². The number of hydroxylamine groups is 2. The number of carbonyl (C=O) groups excluding carboxylic acids is 1. The van der Waals surface area contributed by atoms with Gasteiger partial charge >= 0.3 is 0 Å². The Hall–Kier alpha value is -0.940. The number of nitrogens with zero attached hydrogens (tertiary/aromatic N) is 2. The van der Waals surface area contributed by atoms with Crippen LogP contribution in [0.2, 0.25) is 0 Å². The van der Waals surface area contributed by atoms with Crippen LogP contribution < -0.4 is 0 Å². The van der Waals surface area contributed by atoms with E-state index in [2.05, 4.69) is 4.98 Å². The van der Waals surface area contributed by atoms with Crippen molar-refractivity contribution in [2.45, 2.75) is 13.3 Å². The predicted molar refractivity (Wildman–Crippen MR) is 48.5 cm³/mol. The average Bonchev–Trinajstić information content (AvgIpc) is 2.72. The van der Waals surface area contributed by atoms with E-state index in [1.165, 1.54) is 16.4 Å². The number of rotatable bonds is 1. The SMILES string of the molecule is Cc1ncsc1C(=O)N1CCCO1. The highest BCUT2D eigenvalue weighted by atomic mass is 32.1. The van der Waals surface area contributed by atoms with Crippen LogP contribution in [0.1, 0.15) is 21.8 Å². The fourth-order valence-electron chi connectivity index (χ4n) is 1.23. The highest BCUT2D eigenvalue weighted by Crippen LogP contribution is 2.17. The Morgan fingerprint density at radius 1 is 1.77 bits per heavy atom. The Bertz CT molecular complexity index is 318. The van der Waals surface area contributed by atoms with E-state index in [9.17, 15) is 4.79 Å². The lowest BCUT2D eigenvalue weighted by molar-refractivity contribution is -0.0765. The van der Waals surface area contributed by atoms with E-state index in [0.29, 0.717) is 18.0 Å². The minimum Gasteiger partial charge on any atom is -0.271 e. The normalized spacial score (nSPS) is 16.5. The van der Waals surface area contributed by atoms with E-state index < -0.39 is 0 Å². The van der Waals surface area contributed by atoms with Gasteiger partial charge in [-0.05, 0) is 13.3 Å². The lowest BCUT2D eigenvalue weighted by Crippen LogP contribution is -2.26. The van der Waals surface area contributed by atoms with E-state index in [4.69, 9.17) is 4.84 Å². The summed E-state index contributed by atoms with van der Waals surface area (Å²) in [5.41, 5.74) is 2.46. The van der Waals surface area contributed by atoms with Crippen LogP contribution in [0.5, 0.6) is 0 Å². The van der Waals surface area contributed by atoms with E-state index in [0.717, 1.165) is 12.1 Å². The largest absolute Gasteiger partial charge is 0.289 e. The topological polar surface area (TPSA) is 42.4 Å². The minimum atomic E-state index is -0.0579. The number of amides is 1. The first-order valence-corrected chi connectivity index (χ1v) is 5.02. The summed E-state index contributed by atoms with van der Waals surface area (Å²) in [6, 6.07) is 0. The van der Waals surface area contributed by atoms with Gasteiger partial charge in [-0.3, -0.25) is 9.63 Å². The number of aryl methyl sites for hydroxylation is 1. The zero-order valence-electron chi connectivity index (χ0n) is 7.32. The summed E-state index contributed by atoms with van der Waals surface area (Å²) in [6.45, 7) is 3.17. The molecule has 0 saturated carbocycles. The smallest absolute Gasteiger partial charge is 0.271 e. The third-order valence-electron chi connectivity index (χ3n) is 1.92. The molecule has 1 aliphatic heterocycles. The second-order valence-corrected chi connectivity index (χ2v) is 3.72. The predicted octanol–water partition coefficient (Wildman–Crippen LogP) is 1.23. The Morgan fingerprint density at radius 2 is 2.62 bits per heavy atom. The molecule has 1 aromatic heterocycles. The second kappa shape index (κ2) is 3.43. The van der Waals surface area contributed by atoms with Gasteiger partial charge in [0.05, 0.1) is 24.4 Å². The van der Waals surface area contributed by atoms with E-state index in [-0.39, 0.29) is 5.91 Å². The molecule has 1 amide bonds. The van der Waals surface area contributed by atoms with Crippen LogP contribution in [-0.2, 0) is 4.84 Å². The highest BCUT2D eigenvalue weighted by molar-refractivity contribution is 7.11. The van der Waals surface area contributed by atoms with E-state index >= 15 is 0 Å². The molecule has 0 aliphatic carbocycles. The van der Waals surface area contributed by atoms with Crippen molar-refractivity contribution in [2.24, 2.45) is 0 Å². The maximum atomic E-state index is 11.7. The third kappa shape index (κ3) is 1.57. The van der Waals surface area contributed by atoms with Gasteiger partial charge in [0.1, 0.15) is 4.88 Å². The van der Waals surface area contributed by atoms with Crippen molar-refractivity contribution in [1.82, 2.24) is 10.0 Å². The molecular weight excluding hydrogens is 188 g/mol. The van der Waals surface area contributed by atoms with Gasteiger partial charge in [-0.1, -0.05) is 0 Å². The molecule has 0 spiro atoms. The number of thiazole rings is 1. The van der Waals surface area contributed by atoms with Gasteiger partial charge in [0.2, 0.25) is 0 Å². The number of aromatic nitrogens is 1. The van der Waals surface area contributed by atoms with Crippen LogP contribution in [0.3, 0.4) is 0 Å². The summed E-state index contributed by atoms with van der Waals surface area (Å²) in [6.07, 6.45) is 0.920. The van der Waals surface area contributed by atoms with Crippen molar-refractivity contribution in [2.75, 3.05) is 13.2 Å². The second-order valence-electron chi connectivity index (χ2n) is 2.86. The molecule has 1 fully saturated rings. The Labute approximate surface area is 80.1 Å². The van der Waals surface area contributed by atoms with Crippen LogP contribution in [0.15, 0.2) is 5.51 Å². The van der Waals surface area contributed by atoms with Gasteiger partial charge < -0.3 is 0 Å². The Kier molecular flexibility index (Phi) is 2.28. The zero-order chi connectivity index (χ0) is 9.26. The summed E-state index contributed by atoms with van der Waals surface area (Å²) in [7, 11) is 0. The lowest BCUT2D eigenvalue weighted by Gasteiger charge is -2.12. The van der Waals surface area contributed by atoms with Gasteiger partial charge in [0, 0.05) is 0 Å². The summed E-state index contributed by atoms with van der Waals surface area (Å²) in [5.74, 6) is -0.0579. The van der Waals surface area contributed by atoms with Crippen LogP contribution in [0.4, 0.5) is 0 Å². The molecule has 4 nitrogen and oxygen atoms in total. The average molecular weight is 198 g/mol. The van der Waals surface area contributed by atoms with Crippen molar-refractivity contribution in [3.05, 3.63) is 16.1 Å². The standard InChI is InChI=1S/C8H10N2O2S/c1-6-7(13-5-9-6)8(11)10-3-2-4-12-10/h5H,2-4H2,1H3. The van der Waals surface area contributed by atoms with Crippen molar-refractivity contribution in [3.8, 4) is 0 Å². The van der Waals surface area contributed by atoms with Crippen LogP contribution in [0.25, 0.3) is 0 Å². The molecule has 2 heterocycles. The first-order chi connectivity index (χ1) is 6.29. The fourth-order valence-corrected chi connectivity index (χ4v) is 1.97. The molecule has 0 unspecified atom stereocenters. The molecule has 13 heavy (non-hydrogen) atoms. The molecule has 1 saturated heterocycles. The summed E-state index contributed by atoms with van der Waals surface area (Å²) < 4.78 is 0. The van der Waals surface area contributed by atoms with Crippen LogP contribution >= 0.6 is 11.3 Å². The van der Waals surface area contributed by atoms with Crippen molar-refractivity contribution in [1.29, 1.82) is 0 Å². The molecular formula is C8H10N2O2S. The van der Waals surface area contributed by atoms with Gasteiger partial charge in [-0.2, -0.15) is 0 Å². The summed E-state index contributed by atoms with van der Waals surface area (Å²) in [4.78, 5) is 21.6. The maximum Gasteiger partial charge on any atom is 0.289 e. The molecule has 70 valence electrons. The molecule has 2 rings (SSSR count). The molecule has 5 heteroatoms. The third-order valence-corrected chi connectivity index (χ3v) is 2.84. The van der Waals surface area contributed by atoms with Gasteiger partial charge in [-0.25, -0.2) is 10.0 Å². The number of hydrogen-bond donors (Lipinski definition) is 0. The van der Waals surface area contributed by atoms with Crippen molar-refractivity contribution < 1.29 is 9.63 Å². The van der Waals surface area contributed by atoms with Gasteiger partial charge in [0.15, 0.2) is 0 Å². The lowest BCUT2D eigenvalue weighted by atomic mass is 10.3. The van der Waals surface area contributed by atoms with Crippen molar-refractivity contribution in [3.63, 3.8) is 0 Å². The fraction of sp³-hybridized carbons (Fsp3) is 0.500. The molecule has 0 aromatic carbocycles. The molecule has 1 aliphatic rings. The quantitative estimate of drug-likeness (QED) is 0.681. The molecule has 0 atom stereocenters. The Morgan fingerprint density at radius 3 is 3.15 bits per heavy atom. The van der Waals surface area contributed by atoms with Crippen LogP contribution in [-0.4, -0.2) is 29.1 Å². The maximum absolute atomic E-state index is 11.7. The summed E-state index contributed by atoms with van der Waals surface area (Å²) >= 11 is 1.36. The zero-order valence-corrected chi connectivity index (χ0v) is 8.13. The molecule has 0 N–H and O–H groups in total. The molecule has 0 bridgehead atoms. The molecule has 1 aromatic rings.